The van der Waals surface area contributed by atoms with Crippen molar-refractivity contribution in [1.29, 1.82) is 0 Å². The molecule has 8 nitrogen and oxygen atoms in total. The molecule has 0 aromatic carbocycles. The molecule has 102 valence electrons. The summed E-state index contributed by atoms with van der Waals surface area (Å²) in [6.07, 6.45) is 3.38. The second-order valence-electron chi connectivity index (χ2n) is 3.76. The number of rotatable bonds is 7. The van der Waals surface area contributed by atoms with Crippen LogP contribution in [0.15, 0.2) is 12.5 Å². The summed E-state index contributed by atoms with van der Waals surface area (Å²) >= 11 is 0. The normalized spacial score (nSPS) is 11.4. The van der Waals surface area contributed by atoms with E-state index in [1.807, 2.05) is 0 Å². The zero-order valence-corrected chi connectivity index (χ0v) is 10.7. The summed E-state index contributed by atoms with van der Waals surface area (Å²) in [5.41, 5.74) is 5.64. The van der Waals surface area contributed by atoms with Crippen molar-refractivity contribution < 1.29 is 13.2 Å². The molecule has 0 radical (unpaired) electrons. The Hall–Kier alpha value is -1.45. The molecular formula is C9H17N5O3S. The molecule has 0 bridgehead atoms. The fraction of sp³-hybridized carbons (Fsp3) is 0.556. The third-order valence-corrected chi connectivity index (χ3v) is 3.00. The number of hydrogen-bond acceptors (Lipinski definition) is 5. The highest BCUT2D eigenvalue weighted by molar-refractivity contribution is 7.89. The average molecular weight is 275 g/mol. The maximum atomic E-state index is 11.6. The molecule has 0 aliphatic carbocycles. The molecule has 0 unspecified atom stereocenters. The van der Waals surface area contributed by atoms with Gasteiger partial charge in [0.25, 0.3) is 5.91 Å². The van der Waals surface area contributed by atoms with E-state index >= 15 is 0 Å². The van der Waals surface area contributed by atoms with Crippen molar-refractivity contribution in [3.8, 4) is 0 Å². The lowest BCUT2D eigenvalue weighted by Crippen LogP contribution is -2.27. The molecule has 1 rings (SSSR count). The highest BCUT2D eigenvalue weighted by atomic mass is 32.2. The number of carbonyl (C=O) groups excluding carboxylic acids is 1. The molecule has 0 saturated carbocycles. The lowest BCUT2D eigenvalue weighted by Gasteiger charge is -2.02. The van der Waals surface area contributed by atoms with Crippen LogP contribution in [0, 0.1) is 0 Å². The fourth-order valence-corrected chi connectivity index (χ4v) is 1.86. The molecule has 18 heavy (non-hydrogen) atoms. The molecule has 0 aliphatic rings. The second-order valence-corrected chi connectivity index (χ2v) is 5.50. The molecule has 0 spiro atoms. The van der Waals surface area contributed by atoms with Crippen LogP contribution >= 0.6 is 0 Å². The third kappa shape index (κ3) is 5.25. The number of imidazole rings is 1. The quantitative estimate of drug-likeness (QED) is 0.507. The summed E-state index contributed by atoms with van der Waals surface area (Å²) in [5, 5.41) is 7.39. The number of nitrogens with two attached hydrogens (primary N) is 2. The van der Waals surface area contributed by atoms with E-state index in [9.17, 15) is 13.2 Å². The van der Waals surface area contributed by atoms with Crippen molar-refractivity contribution in [2.75, 3.05) is 18.8 Å². The van der Waals surface area contributed by atoms with E-state index in [4.69, 9.17) is 10.9 Å². The molecule has 0 atom stereocenters. The van der Waals surface area contributed by atoms with Crippen molar-refractivity contribution in [2.24, 2.45) is 10.9 Å². The second kappa shape index (κ2) is 6.47. The summed E-state index contributed by atoms with van der Waals surface area (Å²) in [6, 6.07) is 0. The number of nitrogens with zero attached hydrogens (tertiary/aromatic N) is 2. The van der Waals surface area contributed by atoms with Gasteiger partial charge >= 0.3 is 0 Å². The van der Waals surface area contributed by atoms with E-state index in [2.05, 4.69) is 10.3 Å². The zero-order valence-electron chi connectivity index (χ0n) is 9.87. The smallest absolute Gasteiger partial charge is 0.271 e. The Balaban J connectivity index is 2.36. The van der Waals surface area contributed by atoms with E-state index in [1.54, 1.807) is 10.8 Å². The van der Waals surface area contributed by atoms with Crippen molar-refractivity contribution in [1.82, 2.24) is 14.9 Å². The minimum absolute atomic E-state index is 0.158. The number of sulfonamides is 1. The first-order valence-electron chi connectivity index (χ1n) is 5.43. The van der Waals surface area contributed by atoms with Gasteiger partial charge in [-0.25, -0.2) is 18.5 Å². The number of aromatic nitrogens is 2. The van der Waals surface area contributed by atoms with E-state index in [1.165, 1.54) is 6.33 Å². The monoisotopic (exact) mass is 275 g/mol. The van der Waals surface area contributed by atoms with Crippen molar-refractivity contribution in [3.63, 3.8) is 0 Å². The number of carbonyl (C=O) groups is 1. The molecular weight excluding hydrogens is 258 g/mol. The Bertz CT molecular complexity index is 496. The maximum Gasteiger partial charge on any atom is 0.271 e. The van der Waals surface area contributed by atoms with E-state index in [0.717, 1.165) is 0 Å². The molecule has 9 heteroatoms. The van der Waals surface area contributed by atoms with Crippen molar-refractivity contribution in [3.05, 3.63) is 18.2 Å². The van der Waals surface area contributed by atoms with Gasteiger partial charge in [0.1, 0.15) is 5.69 Å². The topological polar surface area (TPSA) is 133 Å². The van der Waals surface area contributed by atoms with Crippen LogP contribution in [0.4, 0.5) is 0 Å². The van der Waals surface area contributed by atoms with Gasteiger partial charge in [0.05, 0.1) is 12.1 Å². The summed E-state index contributed by atoms with van der Waals surface area (Å²) in [5.74, 6) is -0.505. The fourth-order valence-electron chi connectivity index (χ4n) is 1.31. The molecule has 5 N–H and O–H groups in total. The van der Waals surface area contributed by atoms with Gasteiger partial charge in [-0.2, -0.15) is 0 Å². The van der Waals surface area contributed by atoms with Crippen LogP contribution in [0.25, 0.3) is 0 Å². The molecule has 0 saturated heterocycles. The number of primary sulfonamides is 1. The van der Waals surface area contributed by atoms with Crippen molar-refractivity contribution >= 4 is 15.9 Å². The predicted molar refractivity (Wildman–Crippen MR) is 66.2 cm³/mol. The SMILES string of the molecule is NCCn1cnc(C(=O)NCCCS(N)(=O)=O)c1. The minimum Gasteiger partial charge on any atom is -0.351 e. The largest absolute Gasteiger partial charge is 0.351 e. The highest BCUT2D eigenvalue weighted by Crippen LogP contribution is 1.96. The summed E-state index contributed by atoms with van der Waals surface area (Å²) < 4.78 is 23.0. The molecule has 0 aliphatic heterocycles. The van der Waals surface area contributed by atoms with E-state index < -0.39 is 10.0 Å². The predicted octanol–water partition coefficient (Wildman–Crippen LogP) is -1.75. The van der Waals surface area contributed by atoms with Crippen LogP contribution in [0.3, 0.4) is 0 Å². The molecule has 0 fully saturated rings. The van der Waals surface area contributed by atoms with Crippen LogP contribution in [0.2, 0.25) is 0 Å². The standard InChI is InChI=1S/C9H17N5O3S/c10-2-4-14-6-8(13-7-14)9(15)12-3-1-5-18(11,16)17/h6-7H,1-5,10H2,(H,12,15)(H2,11,16,17). The van der Waals surface area contributed by atoms with E-state index in [0.29, 0.717) is 13.1 Å². The Morgan fingerprint density at radius 1 is 1.50 bits per heavy atom. The molecule has 1 amide bonds. The Morgan fingerprint density at radius 2 is 2.22 bits per heavy atom. The molecule has 1 aromatic rings. The van der Waals surface area contributed by atoms with Gasteiger partial charge in [0.15, 0.2) is 0 Å². The Labute approximate surface area is 105 Å². The third-order valence-electron chi connectivity index (χ3n) is 2.14. The molecule has 1 aromatic heterocycles. The lowest BCUT2D eigenvalue weighted by molar-refractivity contribution is 0.0949. The summed E-state index contributed by atoms with van der Waals surface area (Å²) in [7, 11) is -3.47. The average Bonchev–Trinajstić information content (AvgIpc) is 2.72. The number of nitrogens with one attached hydrogen (secondary N) is 1. The van der Waals surface area contributed by atoms with Gasteiger partial charge in [0, 0.05) is 25.8 Å². The first-order valence-corrected chi connectivity index (χ1v) is 7.14. The van der Waals surface area contributed by atoms with Gasteiger partial charge in [-0.15, -0.1) is 0 Å². The van der Waals surface area contributed by atoms with Crippen molar-refractivity contribution in [2.45, 2.75) is 13.0 Å². The molecule has 1 heterocycles. The van der Waals surface area contributed by atoms with Gasteiger partial charge < -0.3 is 15.6 Å². The van der Waals surface area contributed by atoms with E-state index in [-0.39, 0.29) is 30.3 Å². The minimum atomic E-state index is -3.47. The number of amides is 1. The van der Waals surface area contributed by atoms with Gasteiger partial charge in [-0.05, 0) is 6.42 Å². The maximum absolute atomic E-state index is 11.6. The first kappa shape index (κ1) is 14.6. The lowest BCUT2D eigenvalue weighted by atomic mass is 10.4. The van der Waals surface area contributed by atoms with Gasteiger partial charge in [-0.1, -0.05) is 0 Å². The highest BCUT2D eigenvalue weighted by Gasteiger charge is 2.09. The Morgan fingerprint density at radius 3 is 2.83 bits per heavy atom. The van der Waals surface area contributed by atoms with Crippen LogP contribution in [-0.2, 0) is 16.6 Å². The van der Waals surface area contributed by atoms with Crippen LogP contribution in [0.5, 0.6) is 0 Å². The first-order chi connectivity index (χ1) is 8.42. The number of hydrogen-bond donors (Lipinski definition) is 3. The van der Waals surface area contributed by atoms with Crippen LogP contribution in [-0.4, -0.2) is 42.7 Å². The zero-order chi connectivity index (χ0) is 13.6. The van der Waals surface area contributed by atoms with Crippen LogP contribution < -0.4 is 16.2 Å². The Kier molecular flexibility index (Phi) is 5.25. The van der Waals surface area contributed by atoms with Gasteiger partial charge in [0.2, 0.25) is 10.0 Å². The van der Waals surface area contributed by atoms with Gasteiger partial charge in [-0.3, -0.25) is 4.79 Å². The summed E-state index contributed by atoms with van der Waals surface area (Å²) in [6.45, 7) is 1.29. The van der Waals surface area contributed by atoms with Crippen LogP contribution in [0.1, 0.15) is 16.9 Å². The summed E-state index contributed by atoms with van der Waals surface area (Å²) in [4.78, 5) is 15.5.